The molecule has 1 amide bonds. The summed E-state index contributed by atoms with van der Waals surface area (Å²) < 4.78 is 5.46. The molecule has 1 saturated carbocycles. The zero-order chi connectivity index (χ0) is 18.7. The molecule has 7 nitrogen and oxygen atoms in total. The summed E-state index contributed by atoms with van der Waals surface area (Å²) in [5.41, 5.74) is 0.0235. The summed E-state index contributed by atoms with van der Waals surface area (Å²) in [5, 5.41) is 13.9. The monoisotopic (exact) mass is 374 g/mol. The molecule has 148 valence electrons. The predicted molar refractivity (Wildman–Crippen MR) is 101 cm³/mol. The van der Waals surface area contributed by atoms with Crippen LogP contribution >= 0.6 is 0 Å². The largest absolute Gasteiger partial charge is 0.392 e. The van der Waals surface area contributed by atoms with Crippen molar-refractivity contribution in [3.63, 3.8) is 0 Å². The molecule has 0 radical (unpaired) electrons. The standard InChI is InChI=1S/C20H30N4O3/c25-18-16(1-4-20(18)5-11-27-12-6-20)13-23-19(26)15-2-9-24(10-3-15)17-14-21-7-8-22-17/h7-8,14-16,18,25H,1-6,9-13H2,(H,23,26). The topological polar surface area (TPSA) is 87.6 Å². The van der Waals surface area contributed by atoms with Crippen molar-refractivity contribution >= 4 is 11.7 Å². The Labute approximate surface area is 160 Å². The molecule has 3 fully saturated rings. The number of carbonyl (C=O) groups excluding carboxylic acids is 1. The summed E-state index contributed by atoms with van der Waals surface area (Å²) in [7, 11) is 0. The Balaban J connectivity index is 1.23. The van der Waals surface area contributed by atoms with Crippen LogP contribution in [-0.4, -0.2) is 59.9 Å². The van der Waals surface area contributed by atoms with E-state index in [4.69, 9.17) is 4.74 Å². The van der Waals surface area contributed by atoms with Crippen LogP contribution in [0.3, 0.4) is 0 Å². The Hall–Kier alpha value is -1.73. The van der Waals surface area contributed by atoms with Crippen molar-refractivity contribution in [2.45, 2.75) is 44.6 Å². The Morgan fingerprint density at radius 2 is 2.00 bits per heavy atom. The number of nitrogens with one attached hydrogen (secondary N) is 1. The maximum absolute atomic E-state index is 12.6. The number of amides is 1. The molecule has 1 aromatic rings. The van der Waals surface area contributed by atoms with Crippen molar-refractivity contribution in [3.8, 4) is 0 Å². The molecule has 3 heterocycles. The highest BCUT2D eigenvalue weighted by atomic mass is 16.5. The third-order valence-corrected chi connectivity index (χ3v) is 6.85. The van der Waals surface area contributed by atoms with Crippen LogP contribution in [0.5, 0.6) is 0 Å². The van der Waals surface area contributed by atoms with Gasteiger partial charge in [0.2, 0.25) is 5.91 Å². The third kappa shape index (κ3) is 3.94. The van der Waals surface area contributed by atoms with Crippen LogP contribution in [0.2, 0.25) is 0 Å². The van der Waals surface area contributed by atoms with E-state index in [1.165, 1.54) is 0 Å². The molecule has 2 saturated heterocycles. The number of hydrogen-bond donors (Lipinski definition) is 2. The molecule has 4 rings (SSSR count). The van der Waals surface area contributed by atoms with Crippen LogP contribution in [0.25, 0.3) is 0 Å². The molecular weight excluding hydrogens is 344 g/mol. The normalized spacial score (nSPS) is 28.4. The third-order valence-electron chi connectivity index (χ3n) is 6.85. The molecule has 2 atom stereocenters. The minimum Gasteiger partial charge on any atom is -0.392 e. The highest BCUT2D eigenvalue weighted by Crippen LogP contribution is 2.48. The van der Waals surface area contributed by atoms with Gasteiger partial charge in [0.15, 0.2) is 0 Å². The molecule has 1 aliphatic carbocycles. The summed E-state index contributed by atoms with van der Waals surface area (Å²) >= 11 is 0. The van der Waals surface area contributed by atoms with Gasteiger partial charge in [-0.3, -0.25) is 9.78 Å². The van der Waals surface area contributed by atoms with Crippen molar-refractivity contribution < 1.29 is 14.6 Å². The van der Waals surface area contributed by atoms with Gasteiger partial charge >= 0.3 is 0 Å². The number of anilines is 1. The molecule has 2 aliphatic heterocycles. The summed E-state index contributed by atoms with van der Waals surface area (Å²) in [5.74, 6) is 1.24. The number of aliphatic hydroxyl groups is 1. The van der Waals surface area contributed by atoms with E-state index in [1.807, 2.05) is 0 Å². The Bertz CT molecular complexity index is 627. The molecule has 3 aliphatic rings. The maximum atomic E-state index is 12.6. The molecule has 0 aromatic carbocycles. The Morgan fingerprint density at radius 3 is 2.70 bits per heavy atom. The minimum absolute atomic E-state index is 0.0235. The van der Waals surface area contributed by atoms with E-state index < -0.39 is 0 Å². The number of hydrogen-bond acceptors (Lipinski definition) is 6. The molecular formula is C20H30N4O3. The molecule has 2 unspecified atom stereocenters. The number of aliphatic hydroxyl groups excluding tert-OH is 1. The van der Waals surface area contributed by atoms with Gasteiger partial charge in [0.05, 0.1) is 12.3 Å². The summed E-state index contributed by atoms with van der Waals surface area (Å²) in [4.78, 5) is 23.3. The second kappa shape index (κ2) is 8.10. The van der Waals surface area contributed by atoms with E-state index in [1.54, 1.807) is 18.6 Å². The SMILES string of the molecule is O=C(NCC1CCC2(CCOCC2)C1O)C1CCN(c2cnccn2)CC1. The lowest BCUT2D eigenvalue weighted by Crippen LogP contribution is -2.44. The van der Waals surface area contributed by atoms with Gasteiger partial charge < -0.3 is 20.1 Å². The Kier molecular flexibility index (Phi) is 5.59. The van der Waals surface area contributed by atoms with Gasteiger partial charge in [0.1, 0.15) is 5.82 Å². The fourth-order valence-electron chi connectivity index (χ4n) is 5.02. The zero-order valence-electron chi connectivity index (χ0n) is 15.8. The van der Waals surface area contributed by atoms with Crippen LogP contribution in [0.15, 0.2) is 18.6 Å². The lowest BCUT2D eigenvalue weighted by Gasteiger charge is -2.37. The second-order valence-electron chi connectivity index (χ2n) is 8.29. The number of carbonyl (C=O) groups is 1. The number of ether oxygens (including phenoxy) is 1. The number of piperidine rings is 1. The fraction of sp³-hybridized carbons (Fsp3) is 0.750. The summed E-state index contributed by atoms with van der Waals surface area (Å²) in [6.45, 7) is 3.74. The van der Waals surface area contributed by atoms with Gasteiger partial charge in [-0.25, -0.2) is 4.98 Å². The van der Waals surface area contributed by atoms with Crippen molar-refractivity contribution in [2.75, 3.05) is 37.7 Å². The lowest BCUT2D eigenvalue weighted by molar-refractivity contribution is -0.126. The number of rotatable bonds is 4. The van der Waals surface area contributed by atoms with Gasteiger partial charge in [-0.05, 0) is 38.5 Å². The van der Waals surface area contributed by atoms with Crippen molar-refractivity contribution in [2.24, 2.45) is 17.3 Å². The molecule has 27 heavy (non-hydrogen) atoms. The molecule has 0 bridgehead atoms. The highest BCUT2D eigenvalue weighted by Gasteiger charge is 2.48. The van der Waals surface area contributed by atoms with E-state index in [2.05, 4.69) is 20.2 Å². The smallest absolute Gasteiger partial charge is 0.223 e. The number of aromatic nitrogens is 2. The van der Waals surface area contributed by atoms with E-state index >= 15 is 0 Å². The van der Waals surface area contributed by atoms with Crippen molar-refractivity contribution in [1.82, 2.24) is 15.3 Å². The van der Waals surface area contributed by atoms with Gasteiger partial charge in [-0.2, -0.15) is 0 Å². The van der Waals surface area contributed by atoms with Crippen LogP contribution in [0.1, 0.15) is 38.5 Å². The molecule has 1 spiro atoms. The van der Waals surface area contributed by atoms with Gasteiger partial charge in [-0.1, -0.05) is 0 Å². The number of nitrogens with zero attached hydrogens (tertiary/aromatic N) is 3. The minimum atomic E-state index is -0.319. The molecule has 7 heteroatoms. The first-order valence-electron chi connectivity index (χ1n) is 10.2. The first-order chi connectivity index (χ1) is 13.2. The van der Waals surface area contributed by atoms with Crippen LogP contribution in [-0.2, 0) is 9.53 Å². The second-order valence-corrected chi connectivity index (χ2v) is 8.29. The molecule has 1 aromatic heterocycles. The van der Waals surface area contributed by atoms with Crippen LogP contribution < -0.4 is 10.2 Å². The van der Waals surface area contributed by atoms with E-state index in [0.29, 0.717) is 6.54 Å². The van der Waals surface area contributed by atoms with Gasteiger partial charge in [0.25, 0.3) is 0 Å². The fourth-order valence-corrected chi connectivity index (χ4v) is 5.02. The average molecular weight is 374 g/mol. The maximum Gasteiger partial charge on any atom is 0.223 e. The predicted octanol–water partition coefficient (Wildman–Crippen LogP) is 1.38. The van der Waals surface area contributed by atoms with Crippen molar-refractivity contribution in [1.29, 1.82) is 0 Å². The summed E-state index contributed by atoms with van der Waals surface area (Å²) in [6, 6.07) is 0. The van der Waals surface area contributed by atoms with Crippen LogP contribution in [0.4, 0.5) is 5.82 Å². The van der Waals surface area contributed by atoms with Gasteiger partial charge in [0, 0.05) is 62.5 Å². The van der Waals surface area contributed by atoms with E-state index in [0.717, 1.165) is 70.6 Å². The van der Waals surface area contributed by atoms with Crippen molar-refractivity contribution in [3.05, 3.63) is 18.6 Å². The first kappa shape index (κ1) is 18.6. The Morgan fingerprint density at radius 1 is 1.22 bits per heavy atom. The van der Waals surface area contributed by atoms with E-state index in [-0.39, 0.29) is 29.3 Å². The average Bonchev–Trinajstić information content (AvgIpc) is 3.03. The summed E-state index contributed by atoms with van der Waals surface area (Å²) in [6.07, 6.45) is 10.4. The quantitative estimate of drug-likeness (QED) is 0.828. The highest BCUT2D eigenvalue weighted by molar-refractivity contribution is 5.79. The first-order valence-corrected chi connectivity index (χ1v) is 10.2. The zero-order valence-corrected chi connectivity index (χ0v) is 15.8. The van der Waals surface area contributed by atoms with E-state index in [9.17, 15) is 9.90 Å². The molecule has 2 N–H and O–H groups in total. The lowest BCUT2D eigenvalue weighted by atomic mass is 9.76. The van der Waals surface area contributed by atoms with Gasteiger partial charge in [-0.15, -0.1) is 0 Å². The van der Waals surface area contributed by atoms with Crippen LogP contribution in [0, 0.1) is 17.3 Å².